The highest BCUT2D eigenvalue weighted by Crippen LogP contribution is 2.43. The topological polar surface area (TPSA) is 76.6 Å². The maximum absolute atomic E-state index is 14.2. The molecule has 0 unspecified atom stereocenters. The minimum atomic E-state index is -0.850. The van der Waals surface area contributed by atoms with Gasteiger partial charge in [0, 0.05) is 24.1 Å². The molecule has 0 spiro atoms. The summed E-state index contributed by atoms with van der Waals surface area (Å²) in [6, 6.07) is 4.19. The van der Waals surface area contributed by atoms with Gasteiger partial charge in [0.25, 0.3) is 5.91 Å². The second kappa shape index (κ2) is 4.91. The Hall–Kier alpha value is -2.70. The average molecular weight is 316 g/mol. The monoisotopic (exact) mass is 316 g/mol. The lowest BCUT2D eigenvalue weighted by Gasteiger charge is -2.17. The SMILES string of the molecule is O=C(c1ccoc1C1CC1)N1CCc2c1ccc([N+](=O)[O-])c2F. The van der Waals surface area contributed by atoms with E-state index in [1.807, 2.05) is 0 Å². The molecule has 0 atom stereocenters. The summed E-state index contributed by atoms with van der Waals surface area (Å²) in [5.74, 6) is -0.115. The van der Waals surface area contributed by atoms with E-state index in [1.165, 1.54) is 17.2 Å². The first-order chi connectivity index (χ1) is 11.1. The van der Waals surface area contributed by atoms with E-state index in [0.29, 0.717) is 29.5 Å². The standard InChI is InChI=1S/C16H13FN2O4/c17-14-10-5-7-18(12(10)3-4-13(14)19(21)22)16(20)11-6-8-23-15(11)9-1-2-9/h3-4,6,8-9H,1-2,5,7H2. The molecule has 1 saturated carbocycles. The lowest BCUT2D eigenvalue weighted by molar-refractivity contribution is -0.387. The summed E-state index contributed by atoms with van der Waals surface area (Å²) in [5.41, 5.74) is 0.573. The number of amides is 1. The Balaban J connectivity index is 1.71. The van der Waals surface area contributed by atoms with Gasteiger partial charge in [0.15, 0.2) is 0 Å². The van der Waals surface area contributed by atoms with Crippen LogP contribution in [0.5, 0.6) is 0 Å². The fourth-order valence-corrected chi connectivity index (χ4v) is 3.09. The summed E-state index contributed by atoms with van der Waals surface area (Å²) in [4.78, 5) is 24.3. The van der Waals surface area contributed by atoms with Crippen LogP contribution >= 0.6 is 0 Å². The number of carbonyl (C=O) groups is 1. The molecule has 118 valence electrons. The zero-order valence-electron chi connectivity index (χ0n) is 12.1. The highest BCUT2D eigenvalue weighted by Gasteiger charge is 2.36. The first-order valence-corrected chi connectivity index (χ1v) is 7.43. The number of anilines is 1. The number of hydrogen-bond acceptors (Lipinski definition) is 4. The molecule has 23 heavy (non-hydrogen) atoms. The van der Waals surface area contributed by atoms with Gasteiger partial charge in [-0.25, -0.2) is 0 Å². The molecule has 2 aromatic rings. The molecule has 0 saturated heterocycles. The van der Waals surface area contributed by atoms with Crippen molar-refractivity contribution in [1.82, 2.24) is 0 Å². The van der Waals surface area contributed by atoms with Crippen molar-refractivity contribution in [3.8, 4) is 0 Å². The smallest absolute Gasteiger partial charge is 0.305 e. The lowest BCUT2D eigenvalue weighted by atomic mass is 10.1. The van der Waals surface area contributed by atoms with Crippen LogP contribution in [0.4, 0.5) is 15.8 Å². The van der Waals surface area contributed by atoms with E-state index in [0.717, 1.165) is 18.9 Å². The number of fused-ring (bicyclic) bond motifs is 1. The third-order valence-electron chi connectivity index (χ3n) is 4.39. The van der Waals surface area contributed by atoms with E-state index in [-0.39, 0.29) is 17.9 Å². The minimum absolute atomic E-state index is 0.226. The second-order valence-electron chi connectivity index (χ2n) is 5.83. The van der Waals surface area contributed by atoms with Crippen LogP contribution < -0.4 is 4.90 Å². The highest BCUT2D eigenvalue weighted by atomic mass is 19.1. The lowest BCUT2D eigenvalue weighted by Crippen LogP contribution is -2.29. The van der Waals surface area contributed by atoms with E-state index >= 15 is 0 Å². The Morgan fingerprint density at radius 3 is 2.83 bits per heavy atom. The number of benzene rings is 1. The van der Waals surface area contributed by atoms with Crippen molar-refractivity contribution in [2.75, 3.05) is 11.4 Å². The van der Waals surface area contributed by atoms with Crippen LogP contribution in [0.2, 0.25) is 0 Å². The molecule has 2 aliphatic rings. The molecule has 1 aromatic carbocycles. The molecule has 0 bridgehead atoms. The van der Waals surface area contributed by atoms with E-state index in [1.54, 1.807) is 6.07 Å². The van der Waals surface area contributed by atoms with Crippen LogP contribution in [0.15, 0.2) is 28.9 Å². The van der Waals surface area contributed by atoms with E-state index < -0.39 is 16.4 Å². The predicted octanol–water partition coefficient (Wildman–Crippen LogP) is 3.41. The molecule has 4 rings (SSSR count). The normalized spacial score (nSPS) is 16.5. The Morgan fingerprint density at radius 2 is 2.13 bits per heavy atom. The molecule has 1 amide bonds. The molecule has 0 radical (unpaired) electrons. The molecular formula is C16H13FN2O4. The maximum Gasteiger partial charge on any atom is 0.305 e. The van der Waals surface area contributed by atoms with Gasteiger partial charge in [-0.15, -0.1) is 0 Å². The molecule has 2 heterocycles. The van der Waals surface area contributed by atoms with Crippen molar-refractivity contribution < 1.29 is 18.5 Å². The van der Waals surface area contributed by atoms with Crippen LogP contribution in [0.3, 0.4) is 0 Å². The molecule has 6 nitrogen and oxygen atoms in total. The summed E-state index contributed by atoms with van der Waals surface area (Å²) in [5, 5.41) is 10.8. The Bertz CT molecular complexity index is 825. The van der Waals surface area contributed by atoms with Crippen LogP contribution in [0, 0.1) is 15.9 Å². The zero-order chi connectivity index (χ0) is 16.1. The van der Waals surface area contributed by atoms with Crippen LogP contribution in [0.25, 0.3) is 0 Å². The summed E-state index contributed by atoms with van der Waals surface area (Å²) < 4.78 is 19.6. The van der Waals surface area contributed by atoms with Gasteiger partial charge in [-0.3, -0.25) is 14.9 Å². The van der Waals surface area contributed by atoms with Gasteiger partial charge < -0.3 is 9.32 Å². The number of carbonyl (C=O) groups excluding carboxylic acids is 1. The van der Waals surface area contributed by atoms with Gasteiger partial charge in [0.1, 0.15) is 5.76 Å². The summed E-state index contributed by atoms with van der Waals surface area (Å²) in [7, 11) is 0. The molecule has 1 aliphatic carbocycles. The van der Waals surface area contributed by atoms with Crippen molar-refractivity contribution in [2.45, 2.75) is 25.2 Å². The molecule has 7 heteroatoms. The molecular weight excluding hydrogens is 303 g/mol. The largest absolute Gasteiger partial charge is 0.468 e. The number of furan rings is 1. The minimum Gasteiger partial charge on any atom is -0.468 e. The summed E-state index contributed by atoms with van der Waals surface area (Å²) in [6.45, 7) is 0.307. The van der Waals surface area contributed by atoms with Gasteiger partial charge in [0.05, 0.1) is 22.4 Å². The fraction of sp³-hybridized carbons (Fsp3) is 0.312. The Kier molecular flexibility index (Phi) is 2.97. The Labute approximate surface area is 130 Å². The average Bonchev–Trinajstić information content (AvgIpc) is 3.10. The quantitative estimate of drug-likeness (QED) is 0.642. The van der Waals surface area contributed by atoms with Gasteiger partial charge in [-0.1, -0.05) is 0 Å². The van der Waals surface area contributed by atoms with E-state index in [4.69, 9.17) is 4.42 Å². The number of nitro benzene ring substituents is 1. The van der Waals surface area contributed by atoms with Gasteiger partial charge >= 0.3 is 5.69 Å². The summed E-state index contributed by atoms with van der Waals surface area (Å²) in [6.07, 6.45) is 3.77. The first-order valence-electron chi connectivity index (χ1n) is 7.43. The fourth-order valence-electron chi connectivity index (χ4n) is 3.09. The molecule has 0 N–H and O–H groups in total. The maximum atomic E-state index is 14.2. The van der Waals surface area contributed by atoms with Crippen molar-refractivity contribution in [3.63, 3.8) is 0 Å². The highest BCUT2D eigenvalue weighted by molar-refractivity contribution is 6.08. The zero-order valence-corrected chi connectivity index (χ0v) is 12.1. The third kappa shape index (κ3) is 2.11. The number of nitro groups is 1. The van der Waals surface area contributed by atoms with Crippen LogP contribution in [0.1, 0.15) is 40.4 Å². The van der Waals surface area contributed by atoms with Crippen molar-refractivity contribution in [2.24, 2.45) is 0 Å². The number of nitrogens with zero attached hydrogens (tertiary/aromatic N) is 2. The molecule has 1 aromatic heterocycles. The van der Waals surface area contributed by atoms with Crippen molar-refractivity contribution >= 4 is 17.3 Å². The molecule has 1 aliphatic heterocycles. The van der Waals surface area contributed by atoms with Crippen LogP contribution in [-0.4, -0.2) is 17.4 Å². The van der Waals surface area contributed by atoms with Gasteiger partial charge in [0.2, 0.25) is 5.82 Å². The number of halogens is 1. The Morgan fingerprint density at radius 1 is 1.35 bits per heavy atom. The van der Waals surface area contributed by atoms with Crippen molar-refractivity contribution in [3.05, 3.63) is 57.3 Å². The van der Waals surface area contributed by atoms with Crippen LogP contribution in [-0.2, 0) is 6.42 Å². The van der Waals surface area contributed by atoms with E-state index in [2.05, 4.69) is 0 Å². The van der Waals surface area contributed by atoms with Gasteiger partial charge in [-0.2, -0.15) is 4.39 Å². The second-order valence-corrected chi connectivity index (χ2v) is 5.83. The van der Waals surface area contributed by atoms with E-state index in [9.17, 15) is 19.3 Å². The first kappa shape index (κ1) is 13.9. The van der Waals surface area contributed by atoms with Gasteiger partial charge in [-0.05, 0) is 31.4 Å². The summed E-state index contributed by atoms with van der Waals surface area (Å²) >= 11 is 0. The predicted molar refractivity (Wildman–Crippen MR) is 79.1 cm³/mol. The molecule has 1 fully saturated rings. The van der Waals surface area contributed by atoms with Crippen molar-refractivity contribution in [1.29, 1.82) is 0 Å². The number of hydrogen-bond donors (Lipinski definition) is 0. The third-order valence-corrected chi connectivity index (χ3v) is 4.39. The number of rotatable bonds is 3.